The highest BCUT2D eigenvalue weighted by Crippen LogP contribution is 2.31. The minimum absolute atomic E-state index is 0.470. The van der Waals surface area contributed by atoms with Crippen molar-refractivity contribution in [2.45, 2.75) is 52.4 Å². The minimum atomic E-state index is 0.470. The van der Waals surface area contributed by atoms with Crippen LogP contribution in [-0.2, 0) is 4.74 Å². The van der Waals surface area contributed by atoms with E-state index in [1.165, 1.54) is 41.6 Å². The topological polar surface area (TPSA) is 9.23 Å². The molecule has 0 aliphatic heterocycles. The summed E-state index contributed by atoms with van der Waals surface area (Å²) in [5.41, 5.74) is 7.11. The van der Waals surface area contributed by atoms with Gasteiger partial charge in [-0.2, -0.15) is 0 Å². The molecule has 27 heavy (non-hydrogen) atoms. The third kappa shape index (κ3) is 5.13. The van der Waals surface area contributed by atoms with Gasteiger partial charge in [-0.3, -0.25) is 0 Å². The summed E-state index contributed by atoms with van der Waals surface area (Å²) in [6.07, 6.45) is 26.8. The molecule has 0 amide bonds. The molecule has 0 bridgehead atoms. The van der Waals surface area contributed by atoms with Crippen LogP contribution in [-0.4, -0.2) is 6.61 Å². The average Bonchev–Trinajstić information content (AvgIpc) is 3.08. The summed E-state index contributed by atoms with van der Waals surface area (Å²) in [7, 11) is 0. The van der Waals surface area contributed by atoms with Crippen LogP contribution in [0.1, 0.15) is 52.4 Å². The van der Waals surface area contributed by atoms with Crippen LogP contribution >= 0.6 is 0 Å². The van der Waals surface area contributed by atoms with E-state index >= 15 is 0 Å². The predicted molar refractivity (Wildman–Crippen MR) is 116 cm³/mol. The predicted octanol–water partition coefficient (Wildman–Crippen LogP) is 7.30. The van der Waals surface area contributed by atoms with Gasteiger partial charge in [-0.1, -0.05) is 67.7 Å². The molecule has 3 aliphatic rings. The zero-order chi connectivity index (χ0) is 19.1. The van der Waals surface area contributed by atoms with E-state index in [9.17, 15) is 0 Å². The first-order valence-corrected chi connectivity index (χ1v) is 10.3. The van der Waals surface area contributed by atoms with E-state index in [2.05, 4.69) is 69.0 Å². The lowest BCUT2D eigenvalue weighted by atomic mass is 9.87. The lowest BCUT2D eigenvalue weighted by Crippen LogP contribution is -2.06. The average molecular weight is 361 g/mol. The summed E-state index contributed by atoms with van der Waals surface area (Å²) in [4.78, 5) is 0. The lowest BCUT2D eigenvalue weighted by molar-refractivity contribution is 0.256. The lowest BCUT2D eigenvalue weighted by Gasteiger charge is -2.19. The SMILES string of the molecule is C=C(/C=C\C1=C(CC)CCC1)OCC1=CCC=CC(C2C=CC=CC2)=C1C. The highest BCUT2D eigenvalue weighted by atomic mass is 16.5. The Labute approximate surface area is 164 Å². The summed E-state index contributed by atoms with van der Waals surface area (Å²) in [5, 5.41) is 0. The molecular weight excluding hydrogens is 328 g/mol. The van der Waals surface area contributed by atoms with Gasteiger partial charge in [0, 0.05) is 5.92 Å². The fourth-order valence-electron chi connectivity index (χ4n) is 4.10. The normalized spacial score (nSPS) is 22.6. The van der Waals surface area contributed by atoms with Gasteiger partial charge in [-0.05, 0) is 73.8 Å². The molecule has 0 fully saturated rings. The second-order valence-corrected chi connectivity index (χ2v) is 7.53. The van der Waals surface area contributed by atoms with Crippen molar-refractivity contribution in [2.24, 2.45) is 5.92 Å². The molecule has 3 aliphatic carbocycles. The fourth-order valence-corrected chi connectivity index (χ4v) is 4.10. The molecular formula is C26H32O. The Bertz CT molecular complexity index is 777. The van der Waals surface area contributed by atoms with Crippen LogP contribution in [0.3, 0.4) is 0 Å². The van der Waals surface area contributed by atoms with Crippen molar-refractivity contribution in [3.8, 4) is 0 Å². The number of allylic oxidation sites excluding steroid dienone is 12. The molecule has 1 unspecified atom stereocenters. The summed E-state index contributed by atoms with van der Waals surface area (Å²) in [5.74, 6) is 1.22. The maximum absolute atomic E-state index is 6.01. The first-order valence-electron chi connectivity index (χ1n) is 10.3. The molecule has 0 saturated heterocycles. The Morgan fingerprint density at radius 3 is 2.93 bits per heavy atom. The van der Waals surface area contributed by atoms with Crippen LogP contribution in [0, 0.1) is 5.92 Å². The number of hydrogen-bond acceptors (Lipinski definition) is 1. The highest BCUT2D eigenvalue weighted by molar-refractivity contribution is 5.45. The van der Waals surface area contributed by atoms with Crippen LogP contribution in [0.5, 0.6) is 0 Å². The van der Waals surface area contributed by atoms with Gasteiger partial charge in [0.2, 0.25) is 0 Å². The maximum atomic E-state index is 6.01. The largest absolute Gasteiger partial charge is 0.490 e. The Morgan fingerprint density at radius 1 is 1.26 bits per heavy atom. The molecule has 0 aromatic heterocycles. The van der Waals surface area contributed by atoms with E-state index in [-0.39, 0.29) is 0 Å². The Balaban J connectivity index is 1.62. The molecule has 0 heterocycles. The van der Waals surface area contributed by atoms with E-state index in [1.54, 1.807) is 5.57 Å². The van der Waals surface area contributed by atoms with Gasteiger partial charge in [-0.15, -0.1) is 0 Å². The molecule has 1 nitrogen and oxygen atoms in total. The summed E-state index contributed by atoms with van der Waals surface area (Å²) in [6, 6.07) is 0. The second kappa shape index (κ2) is 9.60. The fraction of sp³-hybridized carbons (Fsp3) is 0.385. The van der Waals surface area contributed by atoms with Crippen LogP contribution < -0.4 is 0 Å². The molecule has 0 aromatic rings. The van der Waals surface area contributed by atoms with Crippen molar-refractivity contribution in [3.63, 3.8) is 0 Å². The monoisotopic (exact) mass is 360 g/mol. The smallest absolute Gasteiger partial charge is 0.113 e. The highest BCUT2D eigenvalue weighted by Gasteiger charge is 2.16. The molecule has 0 saturated carbocycles. The van der Waals surface area contributed by atoms with Crippen LogP contribution in [0.4, 0.5) is 0 Å². The van der Waals surface area contributed by atoms with Crippen LogP contribution in [0.2, 0.25) is 0 Å². The number of hydrogen-bond donors (Lipinski definition) is 0. The molecule has 3 rings (SSSR count). The molecule has 142 valence electrons. The van der Waals surface area contributed by atoms with Gasteiger partial charge in [-0.25, -0.2) is 0 Å². The van der Waals surface area contributed by atoms with Gasteiger partial charge in [0.15, 0.2) is 0 Å². The van der Waals surface area contributed by atoms with Crippen LogP contribution in [0.25, 0.3) is 0 Å². The maximum Gasteiger partial charge on any atom is 0.113 e. The van der Waals surface area contributed by atoms with Crippen molar-refractivity contribution in [1.29, 1.82) is 0 Å². The quantitative estimate of drug-likeness (QED) is 0.342. The van der Waals surface area contributed by atoms with Gasteiger partial charge in [0.1, 0.15) is 12.4 Å². The molecule has 0 aromatic carbocycles. The van der Waals surface area contributed by atoms with Gasteiger partial charge >= 0.3 is 0 Å². The third-order valence-electron chi connectivity index (χ3n) is 5.78. The summed E-state index contributed by atoms with van der Waals surface area (Å²) < 4.78 is 6.01. The van der Waals surface area contributed by atoms with Crippen molar-refractivity contribution < 1.29 is 4.74 Å². The van der Waals surface area contributed by atoms with Crippen molar-refractivity contribution in [2.75, 3.05) is 6.61 Å². The van der Waals surface area contributed by atoms with E-state index < -0.39 is 0 Å². The zero-order valence-electron chi connectivity index (χ0n) is 16.8. The molecule has 0 N–H and O–H groups in total. The number of rotatable bonds is 7. The molecule has 0 spiro atoms. The van der Waals surface area contributed by atoms with E-state index in [1.807, 2.05) is 6.08 Å². The minimum Gasteiger partial charge on any atom is -0.490 e. The molecule has 1 heteroatoms. The van der Waals surface area contributed by atoms with Gasteiger partial charge < -0.3 is 4.74 Å². The summed E-state index contributed by atoms with van der Waals surface area (Å²) in [6.45, 7) is 9.16. The zero-order valence-corrected chi connectivity index (χ0v) is 16.8. The van der Waals surface area contributed by atoms with E-state index in [0.717, 1.165) is 25.0 Å². The Kier molecular flexibility index (Phi) is 6.92. The first-order chi connectivity index (χ1) is 13.2. The third-order valence-corrected chi connectivity index (χ3v) is 5.78. The van der Waals surface area contributed by atoms with Gasteiger partial charge in [0.05, 0.1) is 0 Å². The van der Waals surface area contributed by atoms with Crippen molar-refractivity contribution in [1.82, 2.24) is 0 Å². The van der Waals surface area contributed by atoms with Crippen molar-refractivity contribution in [3.05, 3.63) is 94.9 Å². The van der Waals surface area contributed by atoms with E-state index in [4.69, 9.17) is 4.74 Å². The molecule has 1 atom stereocenters. The Hall–Kier alpha value is -2.28. The molecule has 0 radical (unpaired) electrons. The number of ether oxygens (including phenoxy) is 1. The van der Waals surface area contributed by atoms with Gasteiger partial charge in [0.25, 0.3) is 0 Å². The Morgan fingerprint density at radius 2 is 2.15 bits per heavy atom. The van der Waals surface area contributed by atoms with Crippen LogP contribution in [0.15, 0.2) is 94.9 Å². The van der Waals surface area contributed by atoms with Crippen molar-refractivity contribution >= 4 is 0 Å². The standard InChI is InChI=1S/C26H32O/c1-4-22-14-10-15-23(22)18-17-20(2)27-19-25-13-8-9-16-26(21(25)3)24-11-6-5-7-12-24/h5-7,9,11,13,16-18,24H,2,4,8,10,12,14-15,19H2,1,3H3/b18-17-. The first kappa shape index (κ1) is 19.5. The van der Waals surface area contributed by atoms with E-state index in [0.29, 0.717) is 12.5 Å². The summed E-state index contributed by atoms with van der Waals surface area (Å²) >= 11 is 0. The second-order valence-electron chi connectivity index (χ2n) is 7.53.